The summed E-state index contributed by atoms with van der Waals surface area (Å²) in [6, 6.07) is 9.84. The van der Waals surface area contributed by atoms with Gasteiger partial charge in [-0.3, -0.25) is 4.79 Å². The van der Waals surface area contributed by atoms with Crippen molar-refractivity contribution in [3.8, 4) is 0 Å². The summed E-state index contributed by atoms with van der Waals surface area (Å²) < 4.78 is 0. The maximum Gasteiger partial charge on any atom is 0.270 e. The number of amides is 1. The topological polar surface area (TPSA) is 56.3 Å². The van der Waals surface area contributed by atoms with E-state index in [4.69, 9.17) is 5.11 Å². The Morgan fingerprint density at radius 1 is 1.37 bits per heavy atom. The highest BCUT2D eigenvalue weighted by molar-refractivity contribution is 5.98. The number of nitrogens with one attached hydrogen (secondary N) is 1. The van der Waals surface area contributed by atoms with Gasteiger partial charge in [0.25, 0.3) is 5.91 Å². The first kappa shape index (κ1) is 13.6. The van der Waals surface area contributed by atoms with Crippen LogP contribution in [-0.4, -0.2) is 40.1 Å². The number of benzene rings is 1. The Hall–Kier alpha value is -1.81. The Balaban J connectivity index is 2.25. The molecule has 0 saturated carbocycles. The van der Waals surface area contributed by atoms with E-state index in [0.29, 0.717) is 18.7 Å². The number of nitrogens with zero attached hydrogens (tertiary/aromatic N) is 1. The van der Waals surface area contributed by atoms with Crippen LogP contribution in [0.4, 0.5) is 0 Å². The molecule has 1 heterocycles. The zero-order valence-electron chi connectivity index (χ0n) is 11.4. The number of hydrogen-bond acceptors (Lipinski definition) is 2. The quantitative estimate of drug-likeness (QED) is 0.867. The van der Waals surface area contributed by atoms with Gasteiger partial charge in [-0.05, 0) is 32.4 Å². The van der Waals surface area contributed by atoms with E-state index in [2.05, 4.69) is 4.98 Å². The maximum absolute atomic E-state index is 12.5. The van der Waals surface area contributed by atoms with Gasteiger partial charge in [0.15, 0.2) is 0 Å². The minimum Gasteiger partial charge on any atom is -0.396 e. The van der Waals surface area contributed by atoms with Crippen molar-refractivity contribution in [2.75, 3.05) is 13.2 Å². The van der Waals surface area contributed by atoms with Crippen molar-refractivity contribution in [2.45, 2.75) is 26.3 Å². The van der Waals surface area contributed by atoms with Crippen LogP contribution in [0.25, 0.3) is 10.9 Å². The van der Waals surface area contributed by atoms with Crippen LogP contribution in [-0.2, 0) is 0 Å². The van der Waals surface area contributed by atoms with Gasteiger partial charge in [-0.25, -0.2) is 0 Å². The normalized spacial score (nSPS) is 11.2. The Kier molecular flexibility index (Phi) is 4.22. The first-order chi connectivity index (χ1) is 9.13. The van der Waals surface area contributed by atoms with Crippen LogP contribution >= 0.6 is 0 Å². The van der Waals surface area contributed by atoms with Crippen LogP contribution in [0.3, 0.4) is 0 Å². The molecular weight excluding hydrogens is 240 g/mol. The van der Waals surface area contributed by atoms with Crippen molar-refractivity contribution in [3.05, 3.63) is 36.0 Å². The number of aromatic nitrogens is 1. The second-order valence-corrected chi connectivity index (χ2v) is 4.94. The first-order valence-corrected chi connectivity index (χ1v) is 6.63. The lowest BCUT2D eigenvalue weighted by atomic mass is 10.2. The van der Waals surface area contributed by atoms with Gasteiger partial charge in [-0.1, -0.05) is 18.2 Å². The molecule has 0 unspecified atom stereocenters. The molecule has 0 bridgehead atoms. The molecule has 1 amide bonds. The van der Waals surface area contributed by atoms with Gasteiger partial charge < -0.3 is 15.0 Å². The standard InChI is InChI=1S/C15H20N2O2/c1-11(2)17(8-5-9-18)15(19)14-10-12-6-3-4-7-13(12)16-14/h3-4,6-7,10-11,16,18H,5,8-9H2,1-2H3. The molecule has 0 aliphatic heterocycles. The molecule has 2 N–H and O–H groups in total. The first-order valence-electron chi connectivity index (χ1n) is 6.63. The second-order valence-electron chi connectivity index (χ2n) is 4.94. The molecule has 19 heavy (non-hydrogen) atoms. The summed E-state index contributed by atoms with van der Waals surface area (Å²) in [5.74, 6) is -0.0142. The number of fused-ring (bicyclic) bond motifs is 1. The van der Waals surface area contributed by atoms with Crippen molar-refractivity contribution in [2.24, 2.45) is 0 Å². The summed E-state index contributed by atoms with van der Waals surface area (Å²) in [6.45, 7) is 4.64. The molecule has 0 spiro atoms. The molecule has 4 nitrogen and oxygen atoms in total. The summed E-state index contributed by atoms with van der Waals surface area (Å²) in [5, 5.41) is 9.96. The number of aromatic amines is 1. The average molecular weight is 260 g/mol. The number of hydrogen-bond donors (Lipinski definition) is 2. The van der Waals surface area contributed by atoms with Gasteiger partial charge in [-0.15, -0.1) is 0 Å². The largest absolute Gasteiger partial charge is 0.396 e. The molecule has 1 aromatic carbocycles. The van der Waals surface area contributed by atoms with Crippen molar-refractivity contribution >= 4 is 16.8 Å². The Morgan fingerprint density at radius 2 is 2.11 bits per heavy atom. The maximum atomic E-state index is 12.5. The summed E-state index contributed by atoms with van der Waals surface area (Å²) in [6.07, 6.45) is 0.601. The molecule has 2 rings (SSSR count). The van der Waals surface area contributed by atoms with Crippen LogP contribution in [0.5, 0.6) is 0 Å². The predicted molar refractivity (Wildman–Crippen MR) is 76.2 cm³/mol. The van der Waals surface area contributed by atoms with E-state index in [1.165, 1.54) is 0 Å². The van der Waals surface area contributed by atoms with Crippen LogP contribution in [0, 0.1) is 0 Å². The lowest BCUT2D eigenvalue weighted by molar-refractivity contribution is 0.0688. The van der Waals surface area contributed by atoms with E-state index < -0.39 is 0 Å². The fraction of sp³-hybridized carbons (Fsp3) is 0.400. The van der Waals surface area contributed by atoms with Gasteiger partial charge in [0.2, 0.25) is 0 Å². The minimum absolute atomic E-state index is 0.0142. The zero-order valence-corrected chi connectivity index (χ0v) is 11.4. The van der Waals surface area contributed by atoms with Gasteiger partial charge in [0.1, 0.15) is 5.69 Å². The van der Waals surface area contributed by atoms with E-state index in [-0.39, 0.29) is 18.6 Å². The number of aliphatic hydroxyl groups excluding tert-OH is 1. The summed E-state index contributed by atoms with van der Waals surface area (Å²) in [5.41, 5.74) is 1.57. The molecule has 2 aromatic rings. The second kappa shape index (κ2) is 5.89. The number of para-hydroxylation sites is 1. The molecule has 0 saturated heterocycles. The lowest BCUT2D eigenvalue weighted by Crippen LogP contribution is -2.38. The van der Waals surface area contributed by atoms with Gasteiger partial charge in [-0.2, -0.15) is 0 Å². The predicted octanol–water partition coefficient (Wildman–Crippen LogP) is 2.40. The number of carbonyl (C=O) groups excluding carboxylic acids is 1. The summed E-state index contributed by atoms with van der Waals surface area (Å²) >= 11 is 0. The third-order valence-electron chi connectivity index (χ3n) is 3.20. The molecule has 0 radical (unpaired) electrons. The van der Waals surface area contributed by atoms with Crippen LogP contribution in [0.1, 0.15) is 30.8 Å². The van der Waals surface area contributed by atoms with E-state index in [1.54, 1.807) is 4.90 Å². The van der Waals surface area contributed by atoms with E-state index in [9.17, 15) is 4.79 Å². The third-order valence-corrected chi connectivity index (χ3v) is 3.20. The van der Waals surface area contributed by atoms with Gasteiger partial charge in [0.05, 0.1) is 0 Å². The number of carbonyl (C=O) groups is 1. The monoisotopic (exact) mass is 260 g/mol. The lowest BCUT2D eigenvalue weighted by Gasteiger charge is -2.26. The van der Waals surface area contributed by atoms with Gasteiger partial charge in [0, 0.05) is 30.1 Å². The van der Waals surface area contributed by atoms with Gasteiger partial charge >= 0.3 is 0 Å². The Morgan fingerprint density at radius 3 is 2.74 bits per heavy atom. The SMILES string of the molecule is CC(C)N(CCCO)C(=O)c1cc2ccccc2[nH]1. The molecule has 0 fully saturated rings. The molecular formula is C15H20N2O2. The number of aliphatic hydroxyl groups is 1. The third kappa shape index (κ3) is 2.96. The number of rotatable bonds is 5. The van der Waals surface area contributed by atoms with Crippen LogP contribution in [0.15, 0.2) is 30.3 Å². The molecule has 4 heteroatoms. The molecule has 1 aromatic heterocycles. The van der Waals surface area contributed by atoms with E-state index in [0.717, 1.165) is 10.9 Å². The fourth-order valence-corrected chi connectivity index (χ4v) is 2.18. The van der Waals surface area contributed by atoms with Crippen LogP contribution in [0.2, 0.25) is 0 Å². The van der Waals surface area contributed by atoms with Crippen molar-refractivity contribution in [3.63, 3.8) is 0 Å². The van der Waals surface area contributed by atoms with E-state index >= 15 is 0 Å². The zero-order chi connectivity index (χ0) is 13.8. The summed E-state index contributed by atoms with van der Waals surface area (Å²) in [4.78, 5) is 17.4. The highest BCUT2D eigenvalue weighted by Gasteiger charge is 2.19. The smallest absolute Gasteiger partial charge is 0.270 e. The minimum atomic E-state index is -0.0142. The Bertz CT molecular complexity index is 527. The Labute approximate surface area is 113 Å². The van der Waals surface area contributed by atoms with Crippen molar-refractivity contribution < 1.29 is 9.90 Å². The fourth-order valence-electron chi connectivity index (χ4n) is 2.18. The molecule has 0 aliphatic carbocycles. The average Bonchev–Trinajstić information content (AvgIpc) is 2.82. The van der Waals surface area contributed by atoms with Crippen molar-refractivity contribution in [1.29, 1.82) is 0 Å². The highest BCUT2D eigenvalue weighted by atomic mass is 16.3. The van der Waals surface area contributed by atoms with E-state index in [1.807, 2.05) is 44.2 Å². The highest BCUT2D eigenvalue weighted by Crippen LogP contribution is 2.17. The number of H-pyrrole nitrogens is 1. The molecule has 102 valence electrons. The molecule has 0 atom stereocenters. The van der Waals surface area contributed by atoms with Crippen LogP contribution < -0.4 is 0 Å². The summed E-state index contributed by atoms with van der Waals surface area (Å²) in [7, 11) is 0. The van der Waals surface area contributed by atoms with Crippen molar-refractivity contribution in [1.82, 2.24) is 9.88 Å². The molecule has 0 aliphatic rings.